The maximum Gasteiger partial charge on any atom is 0.245 e. The van der Waals surface area contributed by atoms with E-state index in [2.05, 4.69) is 24.5 Å². The lowest BCUT2D eigenvalue weighted by atomic mass is 10.3. The zero-order chi connectivity index (χ0) is 13.5. The van der Waals surface area contributed by atoms with Crippen molar-refractivity contribution in [2.24, 2.45) is 0 Å². The van der Waals surface area contributed by atoms with Crippen molar-refractivity contribution in [2.45, 2.75) is 33.1 Å². The first-order valence-corrected chi connectivity index (χ1v) is 6.94. The lowest BCUT2D eigenvalue weighted by Crippen LogP contribution is -2.29. The second-order valence-electron chi connectivity index (χ2n) is 4.12. The van der Waals surface area contributed by atoms with Gasteiger partial charge in [0.05, 0.1) is 19.8 Å². The molecule has 0 bridgehead atoms. The molecule has 0 rings (SSSR count). The van der Waals surface area contributed by atoms with E-state index >= 15 is 0 Å². The molecule has 0 fully saturated rings. The van der Waals surface area contributed by atoms with Gasteiger partial charge in [0.25, 0.3) is 0 Å². The van der Waals surface area contributed by atoms with Gasteiger partial charge in [0, 0.05) is 13.1 Å². The Morgan fingerprint density at radius 3 is 2.44 bits per heavy atom. The minimum Gasteiger partial charge on any atom is -0.378 e. The molecule has 1 amide bonds. The largest absolute Gasteiger partial charge is 0.378 e. The molecule has 0 aromatic carbocycles. The minimum atomic E-state index is -0.0481. The highest BCUT2D eigenvalue weighted by Gasteiger charge is 1.99. The van der Waals surface area contributed by atoms with E-state index in [0.717, 1.165) is 38.9 Å². The van der Waals surface area contributed by atoms with E-state index in [-0.39, 0.29) is 12.5 Å². The third kappa shape index (κ3) is 13.4. The third-order valence-electron chi connectivity index (χ3n) is 2.31. The molecule has 0 aromatic rings. The summed E-state index contributed by atoms with van der Waals surface area (Å²) >= 11 is 0. The molecule has 0 unspecified atom stereocenters. The van der Waals surface area contributed by atoms with Crippen LogP contribution in [0.2, 0.25) is 0 Å². The zero-order valence-corrected chi connectivity index (χ0v) is 11.8. The second kappa shape index (κ2) is 14.4. The molecule has 0 aliphatic heterocycles. The first-order chi connectivity index (χ1) is 8.81. The third-order valence-corrected chi connectivity index (χ3v) is 2.31. The normalized spacial score (nSPS) is 10.6. The highest BCUT2D eigenvalue weighted by atomic mass is 16.5. The number of nitrogens with one attached hydrogen (secondary N) is 2. The van der Waals surface area contributed by atoms with Gasteiger partial charge in [0.2, 0.25) is 5.91 Å². The molecule has 2 N–H and O–H groups in total. The van der Waals surface area contributed by atoms with Gasteiger partial charge in [-0.25, -0.2) is 0 Å². The van der Waals surface area contributed by atoms with Crippen molar-refractivity contribution in [3.05, 3.63) is 0 Å². The van der Waals surface area contributed by atoms with Crippen molar-refractivity contribution in [1.82, 2.24) is 10.6 Å². The Morgan fingerprint density at radius 1 is 0.944 bits per heavy atom. The van der Waals surface area contributed by atoms with Crippen molar-refractivity contribution in [3.8, 4) is 0 Å². The summed E-state index contributed by atoms with van der Waals surface area (Å²) in [6.07, 6.45) is 3.23. The molecular weight excluding hydrogens is 232 g/mol. The van der Waals surface area contributed by atoms with Crippen LogP contribution in [0.5, 0.6) is 0 Å². The molecule has 0 radical (unpaired) electrons. The Kier molecular flexibility index (Phi) is 13.9. The van der Waals surface area contributed by atoms with E-state index in [0.29, 0.717) is 19.8 Å². The van der Waals surface area contributed by atoms with Crippen LogP contribution in [-0.4, -0.2) is 52.0 Å². The molecule has 0 aliphatic carbocycles. The molecule has 0 atom stereocenters. The summed E-state index contributed by atoms with van der Waals surface area (Å²) < 4.78 is 10.5. The van der Waals surface area contributed by atoms with Gasteiger partial charge in [0.1, 0.15) is 6.61 Å². The van der Waals surface area contributed by atoms with Crippen LogP contribution in [0, 0.1) is 0 Å². The molecule has 0 aliphatic rings. The van der Waals surface area contributed by atoms with Crippen molar-refractivity contribution < 1.29 is 14.3 Å². The Balaban J connectivity index is 3.08. The average molecular weight is 260 g/mol. The monoisotopic (exact) mass is 260 g/mol. The van der Waals surface area contributed by atoms with Gasteiger partial charge in [-0.15, -0.1) is 0 Å². The topological polar surface area (TPSA) is 59.6 Å². The molecule has 0 saturated carbocycles. The van der Waals surface area contributed by atoms with E-state index in [1.54, 1.807) is 0 Å². The number of hydrogen-bond donors (Lipinski definition) is 2. The van der Waals surface area contributed by atoms with E-state index in [1.165, 1.54) is 0 Å². The Hall–Kier alpha value is -0.650. The number of ether oxygens (including phenoxy) is 2. The maximum absolute atomic E-state index is 11.2. The summed E-state index contributed by atoms with van der Waals surface area (Å²) in [6.45, 7) is 8.67. The van der Waals surface area contributed by atoms with Gasteiger partial charge >= 0.3 is 0 Å². The number of hydrogen-bond acceptors (Lipinski definition) is 4. The van der Waals surface area contributed by atoms with Gasteiger partial charge in [-0.3, -0.25) is 4.79 Å². The van der Waals surface area contributed by atoms with Crippen LogP contribution in [0.4, 0.5) is 0 Å². The molecule has 5 nitrogen and oxygen atoms in total. The summed E-state index contributed by atoms with van der Waals surface area (Å²) in [4.78, 5) is 11.2. The van der Waals surface area contributed by atoms with Crippen LogP contribution in [-0.2, 0) is 14.3 Å². The van der Waals surface area contributed by atoms with Gasteiger partial charge in [-0.05, 0) is 19.4 Å². The highest BCUT2D eigenvalue weighted by Crippen LogP contribution is 1.83. The zero-order valence-electron chi connectivity index (χ0n) is 11.8. The number of amides is 1. The van der Waals surface area contributed by atoms with E-state index in [9.17, 15) is 4.79 Å². The standard InChI is InChI=1S/C13H28N2O3/c1-3-5-7-15-13(16)12-18-11-10-17-9-8-14-6-4-2/h14H,3-12H2,1-2H3,(H,15,16). The number of carbonyl (C=O) groups is 1. The predicted molar refractivity (Wildman–Crippen MR) is 72.7 cm³/mol. The van der Waals surface area contributed by atoms with Crippen LogP contribution in [0.25, 0.3) is 0 Å². The molecular formula is C13H28N2O3. The molecule has 0 heterocycles. The predicted octanol–water partition coefficient (Wildman–Crippen LogP) is 0.936. The van der Waals surface area contributed by atoms with Crippen LogP contribution >= 0.6 is 0 Å². The molecule has 5 heteroatoms. The molecule has 18 heavy (non-hydrogen) atoms. The minimum absolute atomic E-state index is 0.0481. The van der Waals surface area contributed by atoms with Gasteiger partial charge in [-0.2, -0.15) is 0 Å². The van der Waals surface area contributed by atoms with Crippen molar-refractivity contribution >= 4 is 5.91 Å². The van der Waals surface area contributed by atoms with Crippen LogP contribution in [0.15, 0.2) is 0 Å². The Bertz CT molecular complexity index is 189. The fourth-order valence-corrected chi connectivity index (χ4v) is 1.29. The van der Waals surface area contributed by atoms with Gasteiger partial charge in [-0.1, -0.05) is 20.3 Å². The van der Waals surface area contributed by atoms with Gasteiger partial charge < -0.3 is 20.1 Å². The van der Waals surface area contributed by atoms with Crippen molar-refractivity contribution in [1.29, 1.82) is 0 Å². The molecule has 0 spiro atoms. The SMILES string of the molecule is CCCCNC(=O)COCCOCCNCCC. The highest BCUT2D eigenvalue weighted by molar-refractivity contribution is 5.77. The lowest BCUT2D eigenvalue weighted by molar-refractivity contribution is -0.126. The average Bonchev–Trinajstić information content (AvgIpc) is 2.37. The van der Waals surface area contributed by atoms with Crippen molar-refractivity contribution in [3.63, 3.8) is 0 Å². The molecule has 0 saturated heterocycles. The summed E-state index contributed by atoms with van der Waals surface area (Å²) in [6, 6.07) is 0. The van der Waals surface area contributed by atoms with E-state index in [1.807, 2.05) is 0 Å². The first kappa shape index (κ1) is 17.4. The van der Waals surface area contributed by atoms with Crippen LogP contribution in [0.1, 0.15) is 33.1 Å². The number of unbranched alkanes of at least 4 members (excludes halogenated alkanes) is 1. The van der Waals surface area contributed by atoms with Gasteiger partial charge in [0.15, 0.2) is 0 Å². The van der Waals surface area contributed by atoms with Crippen molar-refractivity contribution in [2.75, 3.05) is 46.1 Å². The lowest BCUT2D eigenvalue weighted by Gasteiger charge is -2.07. The van der Waals surface area contributed by atoms with Crippen LogP contribution in [0.3, 0.4) is 0 Å². The summed E-state index contributed by atoms with van der Waals surface area (Å²) in [5, 5.41) is 6.04. The summed E-state index contributed by atoms with van der Waals surface area (Å²) in [7, 11) is 0. The number of rotatable bonds is 13. The summed E-state index contributed by atoms with van der Waals surface area (Å²) in [5.74, 6) is -0.0481. The Labute approximate surface area is 111 Å². The molecule has 108 valence electrons. The fourth-order valence-electron chi connectivity index (χ4n) is 1.29. The maximum atomic E-state index is 11.2. The first-order valence-electron chi connectivity index (χ1n) is 6.94. The summed E-state index contributed by atoms with van der Waals surface area (Å²) in [5.41, 5.74) is 0. The smallest absolute Gasteiger partial charge is 0.245 e. The fraction of sp³-hybridized carbons (Fsp3) is 0.923. The second-order valence-corrected chi connectivity index (χ2v) is 4.12. The van der Waals surface area contributed by atoms with E-state index < -0.39 is 0 Å². The Morgan fingerprint density at radius 2 is 1.72 bits per heavy atom. The molecule has 0 aromatic heterocycles. The quantitative estimate of drug-likeness (QED) is 0.484. The van der Waals surface area contributed by atoms with Crippen LogP contribution < -0.4 is 10.6 Å². The number of carbonyl (C=O) groups excluding carboxylic acids is 1. The van der Waals surface area contributed by atoms with E-state index in [4.69, 9.17) is 9.47 Å².